The van der Waals surface area contributed by atoms with Gasteiger partial charge in [-0.2, -0.15) is 0 Å². The van der Waals surface area contributed by atoms with E-state index in [9.17, 15) is 9.90 Å². The molecule has 2 aliphatic rings. The Kier molecular flexibility index (Phi) is 6.69. The highest BCUT2D eigenvalue weighted by molar-refractivity contribution is 5.92. The quantitative estimate of drug-likeness (QED) is 0.560. The minimum absolute atomic E-state index is 0.202. The third kappa shape index (κ3) is 5.00. The normalized spacial score (nSPS) is 19.8. The van der Waals surface area contributed by atoms with E-state index in [4.69, 9.17) is 0 Å². The number of hydrogen-bond acceptors (Lipinski definition) is 4. The van der Waals surface area contributed by atoms with Gasteiger partial charge in [-0.1, -0.05) is 19.9 Å². The van der Waals surface area contributed by atoms with Gasteiger partial charge >= 0.3 is 0 Å². The van der Waals surface area contributed by atoms with Crippen molar-refractivity contribution in [3.63, 3.8) is 0 Å². The van der Waals surface area contributed by atoms with Crippen LogP contribution in [0.3, 0.4) is 0 Å². The first-order chi connectivity index (χ1) is 16.8. The van der Waals surface area contributed by atoms with Crippen molar-refractivity contribution in [2.24, 2.45) is 0 Å². The Labute approximate surface area is 208 Å². The van der Waals surface area contributed by atoms with Gasteiger partial charge in [0.25, 0.3) is 0 Å². The number of pyridine rings is 1. The maximum Gasteiger partial charge on any atom is 0.236 e. The number of piperidine rings is 1. The number of β-amino-alcohol motifs (C(OH)–C–C–N with tert-alkyl or cyclic N) is 1. The summed E-state index contributed by atoms with van der Waals surface area (Å²) in [5, 5.41) is 11.0. The molecule has 1 atom stereocenters. The zero-order valence-electron chi connectivity index (χ0n) is 21.5. The molecule has 2 aliphatic heterocycles. The molecule has 0 aliphatic carbocycles. The third-order valence-electron chi connectivity index (χ3n) is 7.74. The van der Waals surface area contributed by atoms with Crippen LogP contribution in [0.25, 0.3) is 22.2 Å². The van der Waals surface area contributed by atoms with Gasteiger partial charge in [-0.15, -0.1) is 0 Å². The van der Waals surface area contributed by atoms with Gasteiger partial charge in [-0.25, -0.2) is 0 Å². The van der Waals surface area contributed by atoms with Gasteiger partial charge in [0.2, 0.25) is 5.91 Å². The first kappa shape index (κ1) is 24.0. The Hall–Kier alpha value is -2.70. The number of likely N-dealkylation sites (tertiary alicyclic amines) is 2. The fraction of sp³-hybridized carbons (Fsp3) is 0.517. The van der Waals surface area contributed by atoms with E-state index < -0.39 is 0 Å². The number of carbonyl (C=O) groups is 1. The summed E-state index contributed by atoms with van der Waals surface area (Å²) in [5.41, 5.74) is 8.41. The molecule has 0 bridgehead atoms. The zero-order valence-corrected chi connectivity index (χ0v) is 21.5. The number of rotatable bonds is 5. The van der Waals surface area contributed by atoms with Crippen LogP contribution in [-0.4, -0.2) is 69.6 Å². The number of aliphatic hydroxyl groups excluding tert-OH is 1. The molecule has 1 aromatic carbocycles. The Bertz CT molecular complexity index is 1200. The summed E-state index contributed by atoms with van der Waals surface area (Å²) in [6, 6.07) is 11.2. The Morgan fingerprint density at radius 1 is 1.09 bits per heavy atom. The molecule has 2 fully saturated rings. The number of aromatic amines is 1. The molecule has 0 saturated carbocycles. The van der Waals surface area contributed by atoms with E-state index in [1.54, 1.807) is 0 Å². The molecule has 2 aromatic heterocycles. The number of amides is 1. The fourth-order valence-corrected chi connectivity index (χ4v) is 6.00. The van der Waals surface area contributed by atoms with E-state index in [0.29, 0.717) is 24.9 Å². The minimum atomic E-state index is -0.278. The molecule has 6 nitrogen and oxygen atoms in total. The molecule has 1 amide bonds. The van der Waals surface area contributed by atoms with Crippen molar-refractivity contribution in [1.29, 1.82) is 0 Å². The molecule has 0 radical (unpaired) electrons. The lowest BCUT2D eigenvalue weighted by molar-refractivity contribution is -0.133. The van der Waals surface area contributed by atoms with Gasteiger partial charge < -0.3 is 15.0 Å². The van der Waals surface area contributed by atoms with Gasteiger partial charge in [0.15, 0.2) is 0 Å². The van der Waals surface area contributed by atoms with Crippen LogP contribution < -0.4 is 0 Å². The van der Waals surface area contributed by atoms with Crippen molar-refractivity contribution in [3.05, 3.63) is 52.8 Å². The van der Waals surface area contributed by atoms with E-state index >= 15 is 0 Å². The monoisotopic (exact) mass is 474 g/mol. The zero-order chi connectivity index (χ0) is 24.7. The lowest BCUT2D eigenvalue weighted by Gasteiger charge is -2.33. The van der Waals surface area contributed by atoms with Crippen LogP contribution in [0.2, 0.25) is 0 Å². The predicted molar refractivity (Wildman–Crippen MR) is 141 cm³/mol. The van der Waals surface area contributed by atoms with Gasteiger partial charge in [0.05, 0.1) is 18.3 Å². The largest absolute Gasteiger partial charge is 0.392 e. The molecular weight excluding hydrogens is 436 g/mol. The Morgan fingerprint density at radius 3 is 2.43 bits per heavy atom. The maximum absolute atomic E-state index is 12.8. The molecule has 0 spiro atoms. The molecule has 2 saturated heterocycles. The van der Waals surface area contributed by atoms with Crippen molar-refractivity contribution in [2.45, 2.75) is 64.9 Å². The number of aryl methyl sites for hydroxylation is 2. The molecule has 3 aromatic rings. The number of carbonyl (C=O) groups excluding carboxylic acids is 1. The highest BCUT2D eigenvalue weighted by atomic mass is 16.3. The van der Waals surface area contributed by atoms with Crippen LogP contribution in [0.1, 0.15) is 67.5 Å². The molecule has 2 N–H and O–H groups in total. The average Bonchev–Trinajstić information content (AvgIpc) is 3.41. The minimum Gasteiger partial charge on any atom is -0.392 e. The van der Waals surface area contributed by atoms with E-state index in [2.05, 4.69) is 72.9 Å². The Balaban J connectivity index is 1.34. The first-order valence-corrected chi connectivity index (χ1v) is 13.1. The van der Waals surface area contributed by atoms with Crippen LogP contribution >= 0.6 is 0 Å². The van der Waals surface area contributed by atoms with Gasteiger partial charge in [0, 0.05) is 54.0 Å². The standard InChI is InChI=1S/C29H38N4O2/c1-18(2)28-25-15-22(5-6-26(25)31-29(28)23-13-19(3)30-20(4)14-23)21-7-11-33(12-8-21)27(35)17-32-10-9-24(34)16-32/h5-6,13-15,18,21,24,31,34H,7-12,16-17H2,1-4H3. The van der Waals surface area contributed by atoms with E-state index in [1.165, 1.54) is 33.3 Å². The molecule has 35 heavy (non-hydrogen) atoms. The van der Waals surface area contributed by atoms with Crippen LogP contribution in [-0.2, 0) is 4.79 Å². The van der Waals surface area contributed by atoms with Crippen LogP contribution in [0.4, 0.5) is 0 Å². The SMILES string of the molecule is Cc1cc(-c2[nH]c3ccc(C4CCN(C(=O)CN5CCC(O)C5)CC4)cc3c2C(C)C)cc(C)n1. The van der Waals surface area contributed by atoms with Crippen molar-refractivity contribution < 1.29 is 9.90 Å². The molecule has 5 rings (SSSR count). The summed E-state index contributed by atoms with van der Waals surface area (Å²) in [6.07, 6.45) is 2.49. The predicted octanol–water partition coefficient (Wildman–Crippen LogP) is 4.74. The Morgan fingerprint density at radius 2 is 1.80 bits per heavy atom. The fourth-order valence-electron chi connectivity index (χ4n) is 6.00. The summed E-state index contributed by atoms with van der Waals surface area (Å²) in [7, 11) is 0. The second kappa shape index (κ2) is 9.75. The number of benzene rings is 1. The molecule has 6 heteroatoms. The number of nitrogens with one attached hydrogen (secondary N) is 1. The summed E-state index contributed by atoms with van der Waals surface area (Å²) >= 11 is 0. The van der Waals surface area contributed by atoms with E-state index in [0.717, 1.165) is 50.3 Å². The average molecular weight is 475 g/mol. The molecule has 1 unspecified atom stereocenters. The highest BCUT2D eigenvalue weighted by Gasteiger charge is 2.28. The van der Waals surface area contributed by atoms with Crippen LogP contribution in [0, 0.1) is 13.8 Å². The summed E-state index contributed by atoms with van der Waals surface area (Å²) in [6.45, 7) is 12.1. The van der Waals surface area contributed by atoms with Gasteiger partial charge in [-0.3, -0.25) is 14.7 Å². The van der Waals surface area contributed by atoms with Gasteiger partial charge in [-0.05, 0) is 80.3 Å². The van der Waals surface area contributed by atoms with Crippen LogP contribution in [0.15, 0.2) is 30.3 Å². The third-order valence-corrected chi connectivity index (χ3v) is 7.74. The van der Waals surface area contributed by atoms with Crippen molar-refractivity contribution in [3.8, 4) is 11.3 Å². The number of nitrogens with zero attached hydrogens (tertiary/aromatic N) is 3. The van der Waals surface area contributed by atoms with Crippen molar-refractivity contribution in [2.75, 3.05) is 32.7 Å². The van der Waals surface area contributed by atoms with Crippen molar-refractivity contribution in [1.82, 2.24) is 19.8 Å². The number of H-pyrrole nitrogens is 1. The molecule has 4 heterocycles. The van der Waals surface area contributed by atoms with Crippen molar-refractivity contribution >= 4 is 16.8 Å². The van der Waals surface area contributed by atoms with E-state index in [-0.39, 0.29) is 12.0 Å². The second-order valence-corrected chi connectivity index (χ2v) is 10.8. The van der Waals surface area contributed by atoms with Crippen LogP contribution in [0.5, 0.6) is 0 Å². The molecule has 186 valence electrons. The number of aliphatic hydroxyl groups is 1. The lowest BCUT2D eigenvalue weighted by Crippen LogP contribution is -2.43. The first-order valence-electron chi connectivity index (χ1n) is 13.1. The lowest BCUT2D eigenvalue weighted by atomic mass is 9.87. The highest BCUT2D eigenvalue weighted by Crippen LogP contribution is 2.38. The summed E-state index contributed by atoms with van der Waals surface area (Å²) < 4.78 is 0. The summed E-state index contributed by atoms with van der Waals surface area (Å²) in [5.74, 6) is 1.07. The topological polar surface area (TPSA) is 72.5 Å². The van der Waals surface area contributed by atoms with E-state index in [1.807, 2.05) is 4.90 Å². The smallest absolute Gasteiger partial charge is 0.236 e. The summed E-state index contributed by atoms with van der Waals surface area (Å²) in [4.78, 5) is 25.1. The number of fused-ring (bicyclic) bond motifs is 1. The maximum atomic E-state index is 12.8. The number of hydrogen-bond donors (Lipinski definition) is 2. The number of aromatic nitrogens is 2. The van der Waals surface area contributed by atoms with Gasteiger partial charge in [0.1, 0.15) is 0 Å². The molecular formula is C29H38N4O2. The second-order valence-electron chi connectivity index (χ2n) is 10.8.